The van der Waals surface area contributed by atoms with Crippen molar-refractivity contribution in [3.63, 3.8) is 0 Å². The number of fused-ring (bicyclic) bond motifs is 1. The summed E-state index contributed by atoms with van der Waals surface area (Å²) in [5, 5.41) is 1.10. The van der Waals surface area contributed by atoms with E-state index < -0.39 is 0 Å². The van der Waals surface area contributed by atoms with E-state index in [-0.39, 0.29) is 6.10 Å². The second-order valence-corrected chi connectivity index (χ2v) is 4.58. The molecule has 0 radical (unpaired) electrons. The standard InChI is InChI=1S/C12H13BrO2/c1-8(2)14-7-9-6-10-11(13)4-3-5-12(10)15-9/h3-6,8H,7H2,1-2H3. The van der Waals surface area contributed by atoms with Gasteiger partial charge in [0.25, 0.3) is 0 Å². The lowest BCUT2D eigenvalue weighted by Crippen LogP contribution is -2.01. The molecule has 3 heteroatoms. The van der Waals surface area contributed by atoms with Crippen LogP contribution in [0.15, 0.2) is 33.2 Å². The summed E-state index contributed by atoms with van der Waals surface area (Å²) in [5.74, 6) is 0.866. The number of hydrogen-bond acceptors (Lipinski definition) is 2. The first kappa shape index (κ1) is 10.7. The maximum absolute atomic E-state index is 5.64. The molecule has 0 aliphatic carbocycles. The third kappa shape index (κ3) is 2.41. The van der Waals surface area contributed by atoms with Gasteiger partial charge in [0.2, 0.25) is 0 Å². The zero-order chi connectivity index (χ0) is 10.8. The van der Waals surface area contributed by atoms with E-state index in [1.165, 1.54) is 0 Å². The Morgan fingerprint density at radius 1 is 1.40 bits per heavy atom. The Balaban J connectivity index is 2.27. The predicted octanol–water partition coefficient (Wildman–Crippen LogP) is 4.12. The topological polar surface area (TPSA) is 22.4 Å². The Morgan fingerprint density at radius 2 is 2.20 bits per heavy atom. The second-order valence-electron chi connectivity index (χ2n) is 3.72. The summed E-state index contributed by atoms with van der Waals surface area (Å²) in [6, 6.07) is 7.94. The number of rotatable bonds is 3. The fourth-order valence-electron chi connectivity index (χ4n) is 1.40. The Morgan fingerprint density at radius 3 is 2.87 bits per heavy atom. The maximum Gasteiger partial charge on any atom is 0.135 e. The largest absolute Gasteiger partial charge is 0.459 e. The maximum atomic E-state index is 5.64. The zero-order valence-electron chi connectivity index (χ0n) is 8.79. The van der Waals surface area contributed by atoms with Crippen LogP contribution in [0.2, 0.25) is 0 Å². The smallest absolute Gasteiger partial charge is 0.135 e. The highest BCUT2D eigenvalue weighted by atomic mass is 79.9. The van der Waals surface area contributed by atoms with Crippen molar-refractivity contribution in [3.05, 3.63) is 34.5 Å². The van der Waals surface area contributed by atoms with Crippen LogP contribution in [0.1, 0.15) is 19.6 Å². The fourth-order valence-corrected chi connectivity index (χ4v) is 1.86. The van der Waals surface area contributed by atoms with E-state index >= 15 is 0 Å². The first-order chi connectivity index (χ1) is 7.16. The molecule has 0 bridgehead atoms. The van der Waals surface area contributed by atoms with Gasteiger partial charge >= 0.3 is 0 Å². The first-order valence-electron chi connectivity index (χ1n) is 4.95. The van der Waals surface area contributed by atoms with Gasteiger partial charge in [-0.05, 0) is 32.0 Å². The van der Waals surface area contributed by atoms with Gasteiger partial charge < -0.3 is 9.15 Å². The van der Waals surface area contributed by atoms with Gasteiger partial charge in [0.15, 0.2) is 0 Å². The molecule has 1 heterocycles. The van der Waals surface area contributed by atoms with Crippen LogP contribution in [0.4, 0.5) is 0 Å². The van der Waals surface area contributed by atoms with Crippen molar-refractivity contribution in [2.75, 3.05) is 0 Å². The van der Waals surface area contributed by atoms with Gasteiger partial charge in [-0.25, -0.2) is 0 Å². The summed E-state index contributed by atoms with van der Waals surface area (Å²) >= 11 is 3.49. The van der Waals surface area contributed by atoms with Crippen molar-refractivity contribution in [1.29, 1.82) is 0 Å². The number of hydrogen-bond donors (Lipinski definition) is 0. The quantitative estimate of drug-likeness (QED) is 0.836. The molecule has 2 nitrogen and oxygen atoms in total. The lowest BCUT2D eigenvalue weighted by Gasteiger charge is -2.03. The molecule has 0 aliphatic rings. The Labute approximate surface area is 97.3 Å². The van der Waals surface area contributed by atoms with Gasteiger partial charge in [0, 0.05) is 9.86 Å². The Kier molecular flexibility index (Phi) is 3.12. The summed E-state index contributed by atoms with van der Waals surface area (Å²) in [5.41, 5.74) is 0.895. The number of furan rings is 1. The predicted molar refractivity (Wildman–Crippen MR) is 63.8 cm³/mol. The molecule has 0 saturated carbocycles. The molecule has 1 aromatic heterocycles. The van der Waals surface area contributed by atoms with Crippen molar-refractivity contribution in [2.24, 2.45) is 0 Å². The molecular formula is C12H13BrO2. The van der Waals surface area contributed by atoms with Gasteiger partial charge in [-0.1, -0.05) is 22.0 Å². The lowest BCUT2D eigenvalue weighted by atomic mass is 10.2. The lowest BCUT2D eigenvalue weighted by molar-refractivity contribution is 0.0553. The van der Waals surface area contributed by atoms with Crippen LogP contribution in [-0.2, 0) is 11.3 Å². The molecule has 1 aromatic carbocycles. The van der Waals surface area contributed by atoms with E-state index in [9.17, 15) is 0 Å². The summed E-state index contributed by atoms with van der Waals surface area (Å²) < 4.78 is 12.2. The highest BCUT2D eigenvalue weighted by Gasteiger charge is 2.06. The molecule has 0 amide bonds. The minimum absolute atomic E-state index is 0.224. The molecular weight excluding hydrogens is 256 g/mol. The van der Waals surface area contributed by atoms with Crippen LogP contribution in [0.3, 0.4) is 0 Å². The number of benzene rings is 1. The van der Waals surface area contributed by atoms with Gasteiger partial charge in [0.05, 0.1) is 6.10 Å². The van der Waals surface area contributed by atoms with Crippen molar-refractivity contribution in [1.82, 2.24) is 0 Å². The molecule has 0 saturated heterocycles. The van der Waals surface area contributed by atoms with Crippen LogP contribution in [0.5, 0.6) is 0 Å². The zero-order valence-corrected chi connectivity index (χ0v) is 10.4. The molecule has 0 unspecified atom stereocenters. The van der Waals surface area contributed by atoms with E-state index in [0.29, 0.717) is 6.61 Å². The van der Waals surface area contributed by atoms with E-state index in [4.69, 9.17) is 9.15 Å². The summed E-state index contributed by atoms with van der Waals surface area (Å²) in [6.45, 7) is 4.55. The summed E-state index contributed by atoms with van der Waals surface area (Å²) in [4.78, 5) is 0. The van der Waals surface area contributed by atoms with E-state index in [1.807, 2.05) is 38.1 Å². The molecule has 2 rings (SSSR count). The van der Waals surface area contributed by atoms with Crippen molar-refractivity contribution in [2.45, 2.75) is 26.6 Å². The third-order valence-electron chi connectivity index (χ3n) is 2.12. The molecule has 15 heavy (non-hydrogen) atoms. The summed E-state index contributed by atoms with van der Waals surface area (Å²) in [7, 11) is 0. The van der Waals surface area contributed by atoms with Crippen LogP contribution in [0.25, 0.3) is 11.0 Å². The Bertz CT molecular complexity index is 460. The SMILES string of the molecule is CC(C)OCc1cc2c(Br)cccc2o1. The molecule has 0 fully saturated rings. The second kappa shape index (κ2) is 4.37. The molecule has 0 spiro atoms. The fraction of sp³-hybridized carbons (Fsp3) is 0.333. The van der Waals surface area contributed by atoms with Crippen molar-refractivity contribution >= 4 is 26.9 Å². The monoisotopic (exact) mass is 268 g/mol. The van der Waals surface area contributed by atoms with Crippen molar-refractivity contribution in [3.8, 4) is 0 Å². The van der Waals surface area contributed by atoms with E-state index in [1.54, 1.807) is 0 Å². The Hall–Kier alpha value is -0.800. The third-order valence-corrected chi connectivity index (χ3v) is 2.81. The highest BCUT2D eigenvalue weighted by Crippen LogP contribution is 2.27. The van der Waals surface area contributed by atoms with Crippen LogP contribution >= 0.6 is 15.9 Å². The highest BCUT2D eigenvalue weighted by molar-refractivity contribution is 9.10. The number of ether oxygens (including phenoxy) is 1. The average molecular weight is 269 g/mol. The molecule has 0 atom stereocenters. The minimum atomic E-state index is 0.224. The van der Waals surface area contributed by atoms with E-state index in [0.717, 1.165) is 21.2 Å². The first-order valence-corrected chi connectivity index (χ1v) is 5.74. The van der Waals surface area contributed by atoms with Gasteiger partial charge in [-0.3, -0.25) is 0 Å². The molecule has 80 valence electrons. The average Bonchev–Trinajstić information content (AvgIpc) is 2.59. The van der Waals surface area contributed by atoms with Gasteiger partial charge in [-0.2, -0.15) is 0 Å². The van der Waals surface area contributed by atoms with Gasteiger partial charge in [-0.15, -0.1) is 0 Å². The van der Waals surface area contributed by atoms with Crippen LogP contribution in [0, 0.1) is 0 Å². The molecule has 0 N–H and O–H groups in total. The van der Waals surface area contributed by atoms with Gasteiger partial charge in [0.1, 0.15) is 18.0 Å². The number of halogens is 1. The summed E-state index contributed by atoms with van der Waals surface area (Å²) in [6.07, 6.45) is 0.224. The van der Waals surface area contributed by atoms with Crippen LogP contribution in [-0.4, -0.2) is 6.10 Å². The molecule has 2 aromatic rings. The van der Waals surface area contributed by atoms with E-state index in [2.05, 4.69) is 15.9 Å². The minimum Gasteiger partial charge on any atom is -0.459 e. The van der Waals surface area contributed by atoms with Crippen LogP contribution < -0.4 is 0 Å². The molecule has 0 aliphatic heterocycles. The normalized spacial score (nSPS) is 11.5. The van der Waals surface area contributed by atoms with Crippen molar-refractivity contribution < 1.29 is 9.15 Å².